The molecule has 1 aliphatic carbocycles. The molecule has 1 aliphatic rings. The van der Waals surface area contributed by atoms with Gasteiger partial charge in [-0.15, -0.1) is 0 Å². The van der Waals surface area contributed by atoms with Crippen LogP contribution in [0.1, 0.15) is 46.5 Å². The third kappa shape index (κ3) is 3.76. The predicted molar refractivity (Wildman–Crippen MR) is 66.9 cm³/mol. The maximum atomic E-state index is 5.78. The molecule has 15 heavy (non-hydrogen) atoms. The molecule has 2 N–H and O–H groups in total. The first-order chi connectivity index (χ1) is 6.96. The van der Waals surface area contributed by atoms with Gasteiger partial charge in [0, 0.05) is 12.6 Å². The Morgan fingerprint density at radius 1 is 1.33 bits per heavy atom. The molecule has 0 aromatic rings. The van der Waals surface area contributed by atoms with Crippen molar-refractivity contribution in [2.75, 3.05) is 20.1 Å². The molecule has 0 amide bonds. The Labute approximate surface area is 95.2 Å². The molecule has 2 heteroatoms. The van der Waals surface area contributed by atoms with Gasteiger partial charge < -0.3 is 10.6 Å². The fraction of sp³-hybridized carbons (Fsp3) is 1.00. The molecule has 0 aromatic heterocycles. The molecule has 1 fully saturated rings. The zero-order valence-corrected chi connectivity index (χ0v) is 10.9. The molecule has 1 rings (SSSR count). The highest BCUT2D eigenvalue weighted by atomic mass is 15.1. The van der Waals surface area contributed by atoms with E-state index in [4.69, 9.17) is 5.73 Å². The van der Waals surface area contributed by atoms with Gasteiger partial charge in [0.2, 0.25) is 0 Å². The van der Waals surface area contributed by atoms with Crippen molar-refractivity contribution >= 4 is 0 Å². The van der Waals surface area contributed by atoms with Crippen LogP contribution in [0.4, 0.5) is 0 Å². The van der Waals surface area contributed by atoms with E-state index in [0.29, 0.717) is 0 Å². The smallest absolute Gasteiger partial charge is 0.00923 e. The van der Waals surface area contributed by atoms with Gasteiger partial charge in [-0.25, -0.2) is 0 Å². The van der Waals surface area contributed by atoms with Crippen molar-refractivity contribution in [2.45, 2.75) is 52.5 Å². The Balaban J connectivity index is 2.41. The van der Waals surface area contributed by atoms with Crippen molar-refractivity contribution < 1.29 is 0 Å². The lowest BCUT2D eigenvalue weighted by Gasteiger charge is -2.35. The van der Waals surface area contributed by atoms with E-state index >= 15 is 0 Å². The number of nitrogens with zero attached hydrogens (tertiary/aromatic N) is 1. The van der Waals surface area contributed by atoms with Gasteiger partial charge in [-0.3, -0.25) is 0 Å². The van der Waals surface area contributed by atoms with Crippen molar-refractivity contribution in [3.05, 3.63) is 0 Å². The van der Waals surface area contributed by atoms with Crippen LogP contribution in [0.25, 0.3) is 0 Å². The predicted octanol–water partition coefficient (Wildman–Crippen LogP) is 2.48. The average molecular weight is 212 g/mol. The fourth-order valence-electron chi connectivity index (χ4n) is 2.68. The number of rotatable bonds is 5. The molecule has 1 unspecified atom stereocenters. The summed E-state index contributed by atoms with van der Waals surface area (Å²) in [7, 11) is 2.25. The second kappa shape index (κ2) is 5.31. The third-order valence-electron chi connectivity index (χ3n) is 4.01. The average Bonchev–Trinajstić information content (AvgIpc) is 2.68. The summed E-state index contributed by atoms with van der Waals surface area (Å²) < 4.78 is 0. The lowest BCUT2D eigenvalue weighted by molar-refractivity contribution is 0.135. The van der Waals surface area contributed by atoms with E-state index < -0.39 is 0 Å². The molecule has 0 saturated heterocycles. The summed E-state index contributed by atoms with van der Waals surface area (Å²) >= 11 is 0. The van der Waals surface area contributed by atoms with Crippen LogP contribution in [0, 0.1) is 11.3 Å². The first-order valence-corrected chi connectivity index (χ1v) is 6.36. The van der Waals surface area contributed by atoms with E-state index in [1.54, 1.807) is 0 Å². The van der Waals surface area contributed by atoms with Crippen molar-refractivity contribution in [1.82, 2.24) is 4.90 Å². The molecule has 0 aromatic carbocycles. The molecule has 0 spiro atoms. The molecule has 0 bridgehead atoms. The largest absolute Gasteiger partial charge is 0.330 e. The van der Waals surface area contributed by atoms with E-state index in [9.17, 15) is 0 Å². The lowest BCUT2D eigenvalue weighted by Crippen LogP contribution is -2.43. The molecule has 1 atom stereocenters. The van der Waals surface area contributed by atoms with Crippen LogP contribution in [0.3, 0.4) is 0 Å². The van der Waals surface area contributed by atoms with Gasteiger partial charge in [-0.1, -0.05) is 26.7 Å². The molecule has 90 valence electrons. The van der Waals surface area contributed by atoms with E-state index in [2.05, 4.69) is 32.7 Å². The normalized spacial score (nSPS) is 21.2. The third-order valence-corrected chi connectivity index (χ3v) is 4.01. The Morgan fingerprint density at radius 2 is 1.87 bits per heavy atom. The van der Waals surface area contributed by atoms with Gasteiger partial charge in [-0.05, 0) is 44.7 Å². The van der Waals surface area contributed by atoms with Crippen LogP contribution in [-0.2, 0) is 0 Å². The molecular formula is C13H28N2. The van der Waals surface area contributed by atoms with Crippen LogP contribution < -0.4 is 5.73 Å². The molecule has 0 aliphatic heterocycles. The Hall–Kier alpha value is -0.0800. The quantitative estimate of drug-likeness (QED) is 0.758. The van der Waals surface area contributed by atoms with Crippen molar-refractivity contribution in [3.63, 3.8) is 0 Å². The first kappa shape index (κ1) is 13.0. The van der Waals surface area contributed by atoms with E-state index in [1.807, 2.05) is 0 Å². The monoisotopic (exact) mass is 212 g/mol. The highest BCUT2D eigenvalue weighted by Gasteiger charge is 2.27. The van der Waals surface area contributed by atoms with Gasteiger partial charge in [0.1, 0.15) is 0 Å². The second-order valence-corrected chi connectivity index (χ2v) is 6.07. The van der Waals surface area contributed by atoms with Crippen molar-refractivity contribution in [3.8, 4) is 0 Å². The van der Waals surface area contributed by atoms with Gasteiger partial charge in [0.05, 0.1) is 0 Å². The molecule has 1 saturated carbocycles. The minimum Gasteiger partial charge on any atom is -0.330 e. The van der Waals surface area contributed by atoms with Gasteiger partial charge in [0.25, 0.3) is 0 Å². The minimum atomic E-state index is 0.252. The van der Waals surface area contributed by atoms with Crippen LogP contribution in [0.15, 0.2) is 0 Å². The summed E-state index contributed by atoms with van der Waals surface area (Å²) in [5.74, 6) is 0.920. The molecule has 0 radical (unpaired) electrons. The number of hydrogen-bond acceptors (Lipinski definition) is 2. The Kier molecular flexibility index (Phi) is 4.60. The van der Waals surface area contributed by atoms with Gasteiger partial charge in [0.15, 0.2) is 0 Å². The van der Waals surface area contributed by atoms with E-state index in [1.165, 1.54) is 25.7 Å². The molecule has 0 heterocycles. The summed E-state index contributed by atoms with van der Waals surface area (Å²) in [6, 6.07) is 0.721. The number of nitrogens with two attached hydrogens (primary N) is 1. The maximum Gasteiger partial charge on any atom is 0.00923 e. The van der Waals surface area contributed by atoms with Crippen LogP contribution in [-0.4, -0.2) is 31.1 Å². The van der Waals surface area contributed by atoms with Crippen LogP contribution in [0.5, 0.6) is 0 Å². The Morgan fingerprint density at radius 3 is 2.33 bits per heavy atom. The van der Waals surface area contributed by atoms with E-state index in [-0.39, 0.29) is 5.41 Å². The standard InChI is InChI=1S/C13H28N2/c1-11(12-7-5-6-8-12)15(4)10-13(2,3)9-14/h11-12H,5-10,14H2,1-4H3. The zero-order valence-electron chi connectivity index (χ0n) is 10.9. The first-order valence-electron chi connectivity index (χ1n) is 6.36. The van der Waals surface area contributed by atoms with Crippen LogP contribution >= 0.6 is 0 Å². The van der Waals surface area contributed by atoms with Crippen LogP contribution in [0.2, 0.25) is 0 Å². The summed E-state index contributed by atoms with van der Waals surface area (Å²) in [4.78, 5) is 2.50. The SMILES string of the molecule is CC(C1CCCC1)N(C)CC(C)(C)CN. The zero-order chi connectivity index (χ0) is 11.5. The van der Waals surface area contributed by atoms with Crippen molar-refractivity contribution in [2.24, 2.45) is 17.1 Å². The summed E-state index contributed by atoms with van der Waals surface area (Å²) in [5, 5.41) is 0. The topological polar surface area (TPSA) is 29.3 Å². The number of hydrogen-bond donors (Lipinski definition) is 1. The highest BCUT2D eigenvalue weighted by Crippen LogP contribution is 2.30. The van der Waals surface area contributed by atoms with E-state index in [0.717, 1.165) is 25.0 Å². The van der Waals surface area contributed by atoms with Gasteiger partial charge in [-0.2, -0.15) is 0 Å². The van der Waals surface area contributed by atoms with Crippen molar-refractivity contribution in [1.29, 1.82) is 0 Å². The summed E-state index contributed by atoms with van der Waals surface area (Å²) in [6.07, 6.45) is 5.72. The second-order valence-electron chi connectivity index (χ2n) is 6.07. The molecule has 2 nitrogen and oxygen atoms in total. The minimum absolute atomic E-state index is 0.252. The maximum absolute atomic E-state index is 5.78. The summed E-state index contributed by atoms with van der Waals surface area (Å²) in [6.45, 7) is 8.77. The fourth-order valence-corrected chi connectivity index (χ4v) is 2.68. The Bertz CT molecular complexity index is 183. The van der Waals surface area contributed by atoms with Gasteiger partial charge >= 0.3 is 0 Å². The summed E-state index contributed by atoms with van der Waals surface area (Å²) in [5.41, 5.74) is 6.03. The highest BCUT2D eigenvalue weighted by molar-refractivity contribution is 4.82. The molecular weight excluding hydrogens is 184 g/mol. The lowest BCUT2D eigenvalue weighted by atomic mass is 9.91.